The van der Waals surface area contributed by atoms with Crippen molar-refractivity contribution in [3.8, 4) is 0 Å². The lowest BCUT2D eigenvalue weighted by atomic mass is 9.79. The Labute approximate surface area is 179 Å². The quantitative estimate of drug-likeness (QED) is 0.396. The largest absolute Gasteiger partial charge is 0.462 e. The third-order valence-electron chi connectivity index (χ3n) is 4.76. The molecule has 1 heterocycles. The molecule has 2 aromatic rings. The fourth-order valence-electron chi connectivity index (χ4n) is 3.30. The molecular weight excluding hydrogens is 437 g/mol. The Morgan fingerprint density at radius 2 is 2.07 bits per heavy atom. The molecule has 3 rings (SSSR count). The second-order valence-electron chi connectivity index (χ2n) is 8.41. The molecule has 1 amide bonds. The molecule has 7 nitrogen and oxygen atoms in total. The van der Waals surface area contributed by atoms with Gasteiger partial charge in [-0.1, -0.05) is 22.8 Å². The van der Waals surface area contributed by atoms with E-state index in [1.165, 1.54) is 0 Å². The average molecular weight is 464 g/mol. The van der Waals surface area contributed by atoms with Gasteiger partial charge in [-0.3, -0.25) is 4.68 Å². The number of esters is 1. The normalized spacial score (nSPS) is 18.8. The van der Waals surface area contributed by atoms with Crippen LogP contribution in [0.4, 0.5) is 4.79 Å². The first kappa shape index (κ1) is 21.7. The van der Waals surface area contributed by atoms with Gasteiger partial charge in [-0.2, -0.15) is 5.10 Å². The Bertz CT molecular complexity index is 903. The van der Waals surface area contributed by atoms with Crippen LogP contribution in [0.5, 0.6) is 0 Å². The van der Waals surface area contributed by atoms with Crippen LogP contribution in [0.15, 0.2) is 22.7 Å². The van der Waals surface area contributed by atoms with E-state index in [9.17, 15) is 9.59 Å². The first-order valence-electron chi connectivity index (χ1n) is 10.0. The van der Waals surface area contributed by atoms with Gasteiger partial charge in [0, 0.05) is 15.9 Å². The molecule has 9 heteroatoms. The minimum Gasteiger partial charge on any atom is -0.462 e. The van der Waals surface area contributed by atoms with Crippen LogP contribution in [0.25, 0.3) is 10.9 Å². The topological polar surface area (TPSA) is 82.5 Å². The number of hydrogen-bond acceptors (Lipinski definition) is 5. The van der Waals surface area contributed by atoms with Crippen molar-refractivity contribution in [2.45, 2.75) is 64.4 Å². The zero-order valence-corrected chi connectivity index (χ0v) is 18.9. The maximum Gasteiger partial charge on any atom is 0.407 e. The van der Waals surface area contributed by atoms with Crippen molar-refractivity contribution >= 4 is 46.2 Å². The second-order valence-corrected chi connectivity index (χ2v) is 9.33. The van der Waals surface area contributed by atoms with Crippen molar-refractivity contribution in [1.82, 2.24) is 15.1 Å². The molecule has 1 aromatic heterocycles. The van der Waals surface area contributed by atoms with Gasteiger partial charge >= 0.3 is 12.1 Å². The van der Waals surface area contributed by atoms with Gasteiger partial charge in [0.05, 0.1) is 18.2 Å². The summed E-state index contributed by atoms with van der Waals surface area (Å²) in [6.45, 7) is 7.94. The third kappa shape index (κ3) is 5.32. The number of hydrogen-bond donors (Lipinski definition) is 1. The lowest BCUT2D eigenvalue weighted by molar-refractivity contribution is 0.0430. The SMILES string of the molecule is CBCCOC(=O)c1c2cc(Br)ccc2nn1C1CC(NC(=O)OC(C)(C)C)C1. The second kappa shape index (κ2) is 8.77. The van der Waals surface area contributed by atoms with E-state index in [1.807, 2.05) is 39.0 Å². The summed E-state index contributed by atoms with van der Waals surface area (Å²) in [6.07, 6.45) is 1.77. The van der Waals surface area contributed by atoms with Crippen molar-refractivity contribution in [3.63, 3.8) is 0 Å². The number of alkyl carbamates (subject to hydrolysis) is 1. The summed E-state index contributed by atoms with van der Waals surface area (Å²) in [5.41, 5.74) is 0.688. The first-order chi connectivity index (χ1) is 13.7. The van der Waals surface area contributed by atoms with Crippen LogP contribution in [-0.4, -0.2) is 47.4 Å². The van der Waals surface area contributed by atoms with Gasteiger partial charge in [0.15, 0.2) is 5.69 Å². The predicted octanol–water partition coefficient (Wildman–Crippen LogP) is 4.09. The molecule has 0 saturated heterocycles. The Balaban J connectivity index is 1.75. The Kier molecular flexibility index (Phi) is 6.56. The summed E-state index contributed by atoms with van der Waals surface area (Å²) in [5, 5.41) is 8.30. The van der Waals surface area contributed by atoms with Crippen LogP contribution in [0.2, 0.25) is 13.1 Å². The minimum atomic E-state index is -0.532. The van der Waals surface area contributed by atoms with Crippen LogP contribution in [0.1, 0.15) is 50.1 Å². The molecule has 0 radical (unpaired) electrons. The van der Waals surface area contributed by atoms with Crippen molar-refractivity contribution in [1.29, 1.82) is 0 Å². The molecule has 0 aliphatic heterocycles. The van der Waals surface area contributed by atoms with Gasteiger partial charge in [0.25, 0.3) is 0 Å². The number of aromatic nitrogens is 2. The molecule has 0 unspecified atom stereocenters. The third-order valence-corrected chi connectivity index (χ3v) is 5.26. The lowest BCUT2D eigenvalue weighted by Gasteiger charge is -2.36. The fourth-order valence-corrected chi connectivity index (χ4v) is 3.66. The van der Waals surface area contributed by atoms with E-state index in [0.29, 0.717) is 25.1 Å². The number of fused-ring (bicyclic) bond motifs is 1. The molecule has 0 spiro atoms. The van der Waals surface area contributed by atoms with Gasteiger partial charge in [-0.25, -0.2) is 9.59 Å². The van der Waals surface area contributed by atoms with E-state index in [-0.39, 0.29) is 18.1 Å². The molecule has 29 heavy (non-hydrogen) atoms. The van der Waals surface area contributed by atoms with Crippen LogP contribution >= 0.6 is 15.9 Å². The van der Waals surface area contributed by atoms with Gasteiger partial charge in [-0.05, 0) is 58.1 Å². The Morgan fingerprint density at radius 3 is 2.72 bits per heavy atom. The number of benzene rings is 1. The standard InChI is InChI=1S/C20H27BBrN3O4/c1-20(2,3)29-19(27)23-13-10-14(11-13)25-17(18(26)28-8-7-21-4)15-9-12(22)5-6-16(15)24-25/h5-6,9,13-14,21H,7-8,10-11H2,1-4H3,(H,23,27). The van der Waals surface area contributed by atoms with Gasteiger partial charge in [0.2, 0.25) is 0 Å². The number of nitrogens with zero attached hydrogens (tertiary/aromatic N) is 2. The summed E-state index contributed by atoms with van der Waals surface area (Å²) in [6, 6.07) is 5.70. The molecule has 0 atom stereocenters. The predicted molar refractivity (Wildman–Crippen MR) is 117 cm³/mol. The van der Waals surface area contributed by atoms with Crippen LogP contribution in [0, 0.1) is 0 Å². The van der Waals surface area contributed by atoms with Gasteiger partial charge in [0.1, 0.15) is 12.9 Å². The van der Waals surface area contributed by atoms with E-state index in [2.05, 4.69) is 33.2 Å². The number of amides is 1. The molecule has 1 N–H and O–H groups in total. The number of halogens is 1. The summed E-state index contributed by atoms with van der Waals surface area (Å²) in [5.74, 6) is -0.359. The highest BCUT2D eigenvalue weighted by Gasteiger charge is 2.36. The zero-order chi connectivity index (χ0) is 21.2. The monoisotopic (exact) mass is 463 g/mol. The minimum absolute atomic E-state index is 0.00198. The van der Waals surface area contributed by atoms with Crippen molar-refractivity contribution in [2.75, 3.05) is 6.61 Å². The summed E-state index contributed by atoms with van der Waals surface area (Å²) in [7, 11) is 0.958. The van der Waals surface area contributed by atoms with Crippen LogP contribution in [-0.2, 0) is 9.47 Å². The smallest absolute Gasteiger partial charge is 0.407 e. The molecule has 0 bridgehead atoms. The highest BCUT2D eigenvalue weighted by Crippen LogP contribution is 2.36. The Hall–Kier alpha value is -2.03. The number of carbonyl (C=O) groups excluding carboxylic acids is 2. The number of rotatable bonds is 6. The maximum atomic E-state index is 12.8. The number of carbonyl (C=O) groups is 2. The molecule has 1 saturated carbocycles. The lowest BCUT2D eigenvalue weighted by Crippen LogP contribution is -2.47. The molecule has 1 aliphatic carbocycles. The number of nitrogens with one attached hydrogen (secondary N) is 1. The van der Waals surface area contributed by atoms with E-state index in [4.69, 9.17) is 9.47 Å². The van der Waals surface area contributed by atoms with Crippen molar-refractivity contribution < 1.29 is 19.1 Å². The summed E-state index contributed by atoms with van der Waals surface area (Å²) < 4.78 is 13.4. The van der Waals surface area contributed by atoms with E-state index >= 15 is 0 Å². The summed E-state index contributed by atoms with van der Waals surface area (Å²) in [4.78, 5) is 24.8. The summed E-state index contributed by atoms with van der Waals surface area (Å²) >= 11 is 3.47. The fraction of sp³-hybridized carbons (Fsp3) is 0.550. The van der Waals surface area contributed by atoms with E-state index in [0.717, 1.165) is 29.0 Å². The first-order valence-corrected chi connectivity index (χ1v) is 10.8. The highest BCUT2D eigenvalue weighted by molar-refractivity contribution is 9.10. The van der Waals surface area contributed by atoms with E-state index < -0.39 is 11.7 Å². The highest BCUT2D eigenvalue weighted by atomic mass is 79.9. The van der Waals surface area contributed by atoms with Crippen LogP contribution in [0.3, 0.4) is 0 Å². The van der Waals surface area contributed by atoms with Gasteiger partial charge < -0.3 is 14.8 Å². The van der Waals surface area contributed by atoms with Crippen LogP contribution < -0.4 is 5.32 Å². The number of ether oxygens (including phenoxy) is 2. The van der Waals surface area contributed by atoms with Crippen molar-refractivity contribution in [3.05, 3.63) is 28.4 Å². The maximum absolute atomic E-state index is 12.8. The zero-order valence-electron chi connectivity index (χ0n) is 17.3. The van der Waals surface area contributed by atoms with E-state index in [1.54, 1.807) is 4.68 Å². The van der Waals surface area contributed by atoms with Gasteiger partial charge in [-0.15, -0.1) is 0 Å². The van der Waals surface area contributed by atoms with Crippen molar-refractivity contribution in [2.24, 2.45) is 0 Å². The molecule has 1 fully saturated rings. The molecular formula is C20H27BBrN3O4. The molecule has 1 aromatic carbocycles. The Morgan fingerprint density at radius 1 is 1.34 bits per heavy atom. The molecule has 1 aliphatic rings. The molecule has 156 valence electrons. The average Bonchev–Trinajstić information content (AvgIpc) is 2.94.